The van der Waals surface area contributed by atoms with Gasteiger partial charge in [-0.1, -0.05) is 45.0 Å². The molecule has 0 bridgehead atoms. The average Bonchev–Trinajstić information content (AvgIpc) is 2.16. The fourth-order valence-electron chi connectivity index (χ4n) is 1.62. The van der Waals surface area contributed by atoms with Crippen LogP contribution in [0.3, 0.4) is 0 Å². The van der Waals surface area contributed by atoms with Gasteiger partial charge in [-0.15, -0.1) is 0 Å². The molecule has 0 unspecified atom stereocenters. The highest BCUT2D eigenvalue weighted by molar-refractivity contribution is 6.72. The van der Waals surface area contributed by atoms with Crippen LogP contribution >= 0.6 is 0 Å². The second-order valence-electron chi connectivity index (χ2n) is 5.79. The van der Waals surface area contributed by atoms with Gasteiger partial charge in [-0.3, -0.25) is 0 Å². The van der Waals surface area contributed by atoms with Crippen molar-refractivity contribution in [3.8, 4) is 0 Å². The number of rotatable bonds is 4. The molecule has 0 spiro atoms. The fraction of sp³-hybridized carbons (Fsp3) is 0.571. The first-order chi connectivity index (χ1) is 7.26. The molecule has 0 heterocycles. The molecule has 1 aromatic carbocycles. The van der Waals surface area contributed by atoms with Gasteiger partial charge in [0.15, 0.2) is 8.32 Å². The zero-order valence-corrected chi connectivity index (χ0v) is 12.2. The van der Waals surface area contributed by atoms with Crippen molar-refractivity contribution >= 4 is 8.32 Å². The molecule has 0 aliphatic heterocycles. The summed E-state index contributed by atoms with van der Waals surface area (Å²) in [5, 5.41) is 0.0285. The van der Waals surface area contributed by atoms with Gasteiger partial charge in [0.2, 0.25) is 0 Å². The highest BCUT2D eigenvalue weighted by atomic mass is 28.4. The molecule has 0 radical (unpaired) electrons. The number of hydrogen-bond donors (Lipinski definition) is 1. The molecular weight excluding hydrogens is 212 g/mol. The molecule has 90 valence electrons. The molecule has 1 rings (SSSR count). The molecule has 0 atom stereocenters. The minimum absolute atomic E-state index is 0.0285. The quantitative estimate of drug-likeness (QED) is 0.789. The van der Waals surface area contributed by atoms with E-state index in [1.165, 1.54) is 11.1 Å². The van der Waals surface area contributed by atoms with Gasteiger partial charge in [0.25, 0.3) is 0 Å². The Morgan fingerprint density at radius 2 is 1.50 bits per heavy atom. The smallest absolute Gasteiger partial charge is 0.188 e. The summed E-state index contributed by atoms with van der Waals surface area (Å²) in [5.41, 5.74) is 2.71. The van der Waals surface area contributed by atoms with E-state index >= 15 is 0 Å². The van der Waals surface area contributed by atoms with Crippen molar-refractivity contribution in [3.05, 3.63) is 35.4 Å². The van der Waals surface area contributed by atoms with Crippen LogP contribution < -0.4 is 0 Å². The largest absolute Gasteiger partial charge is 0.432 e. The van der Waals surface area contributed by atoms with Gasteiger partial charge in [-0.2, -0.15) is 0 Å². The summed E-state index contributed by atoms with van der Waals surface area (Å²) in [4.78, 5) is 10.2. The SMILES string of the molecule is CCc1ccc(CC(C)(C)[Si](C)(C)O)cc1. The highest BCUT2D eigenvalue weighted by Gasteiger charge is 2.37. The molecule has 1 N–H and O–H groups in total. The lowest BCUT2D eigenvalue weighted by molar-refractivity contribution is 0.467. The van der Waals surface area contributed by atoms with Crippen LogP contribution in [0.1, 0.15) is 31.9 Å². The number of hydrogen-bond acceptors (Lipinski definition) is 1. The Bertz CT molecular complexity index is 333. The van der Waals surface area contributed by atoms with Crippen LogP contribution in [-0.2, 0) is 12.8 Å². The lowest BCUT2D eigenvalue weighted by Crippen LogP contribution is -2.40. The zero-order chi connectivity index (χ0) is 12.4. The van der Waals surface area contributed by atoms with E-state index in [0.717, 1.165) is 12.8 Å². The summed E-state index contributed by atoms with van der Waals surface area (Å²) in [6.07, 6.45) is 2.05. The third-order valence-electron chi connectivity index (χ3n) is 3.73. The maximum Gasteiger partial charge on any atom is 0.188 e. The van der Waals surface area contributed by atoms with Gasteiger partial charge in [0, 0.05) is 0 Å². The van der Waals surface area contributed by atoms with Crippen LogP contribution in [0.4, 0.5) is 0 Å². The maximum absolute atomic E-state index is 10.2. The zero-order valence-electron chi connectivity index (χ0n) is 11.2. The predicted molar refractivity (Wildman–Crippen MR) is 73.3 cm³/mol. The van der Waals surface area contributed by atoms with Crippen molar-refractivity contribution in [2.24, 2.45) is 0 Å². The van der Waals surface area contributed by atoms with Crippen LogP contribution in [0, 0.1) is 0 Å². The highest BCUT2D eigenvalue weighted by Crippen LogP contribution is 2.38. The first kappa shape index (κ1) is 13.5. The average molecular weight is 236 g/mol. The molecule has 0 aliphatic carbocycles. The molecule has 1 nitrogen and oxygen atoms in total. The first-order valence-electron chi connectivity index (χ1n) is 6.06. The minimum atomic E-state index is -2.09. The first-order valence-corrected chi connectivity index (χ1v) is 9.01. The minimum Gasteiger partial charge on any atom is -0.432 e. The molecule has 1 aromatic rings. The van der Waals surface area contributed by atoms with E-state index in [0.29, 0.717) is 0 Å². The fourth-order valence-corrected chi connectivity index (χ4v) is 2.26. The summed E-state index contributed by atoms with van der Waals surface area (Å²) in [5.74, 6) is 0. The van der Waals surface area contributed by atoms with Crippen LogP contribution in [0.15, 0.2) is 24.3 Å². The normalized spacial score (nSPS) is 12.9. The summed E-state index contributed by atoms with van der Waals surface area (Å²) < 4.78 is 0. The molecule has 0 saturated carbocycles. The molecule has 0 amide bonds. The van der Waals surface area contributed by atoms with Crippen LogP contribution in [0.25, 0.3) is 0 Å². The molecule has 2 heteroatoms. The van der Waals surface area contributed by atoms with Gasteiger partial charge >= 0.3 is 0 Å². The van der Waals surface area contributed by atoms with Crippen molar-refractivity contribution in [2.45, 2.75) is 51.7 Å². The Kier molecular flexibility index (Phi) is 3.97. The second kappa shape index (κ2) is 4.72. The van der Waals surface area contributed by atoms with E-state index in [4.69, 9.17) is 0 Å². The Hall–Kier alpha value is -0.603. The van der Waals surface area contributed by atoms with E-state index in [-0.39, 0.29) is 5.04 Å². The Balaban J connectivity index is 2.80. The molecule has 0 aliphatic rings. The van der Waals surface area contributed by atoms with Crippen LogP contribution in [0.5, 0.6) is 0 Å². The molecule has 0 fully saturated rings. The van der Waals surface area contributed by atoms with Crippen molar-refractivity contribution in [1.82, 2.24) is 0 Å². The van der Waals surface area contributed by atoms with E-state index in [2.05, 4.69) is 45.0 Å². The molecule has 0 aromatic heterocycles. The molecule has 16 heavy (non-hydrogen) atoms. The summed E-state index contributed by atoms with van der Waals surface area (Å²) in [6.45, 7) is 10.6. The van der Waals surface area contributed by atoms with Crippen LogP contribution in [-0.4, -0.2) is 13.1 Å². The van der Waals surface area contributed by atoms with Gasteiger partial charge < -0.3 is 4.80 Å². The van der Waals surface area contributed by atoms with E-state index in [9.17, 15) is 4.80 Å². The van der Waals surface area contributed by atoms with Gasteiger partial charge in [-0.25, -0.2) is 0 Å². The monoisotopic (exact) mass is 236 g/mol. The molecular formula is C14H24OSi. The maximum atomic E-state index is 10.2. The lowest BCUT2D eigenvalue weighted by atomic mass is 10.0. The Morgan fingerprint density at radius 1 is 1.06 bits per heavy atom. The number of aryl methyl sites for hydroxylation is 1. The standard InChI is InChI=1S/C14H24OSi/c1-6-12-7-9-13(10-8-12)11-14(2,3)16(4,5)15/h7-10,15H,6,11H2,1-5H3. The summed E-state index contributed by atoms with van der Waals surface area (Å²) >= 11 is 0. The number of benzene rings is 1. The van der Waals surface area contributed by atoms with E-state index < -0.39 is 8.32 Å². The third kappa shape index (κ3) is 3.19. The van der Waals surface area contributed by atoms with Gasteiger partial charge in [-0.05, 0) is 42.1 Å². The van der Waals surface area contributed by atoms with Crippen molar-refractivity contribution in [2.75, 3.05) is 0 Å². The third-order valence-corrected chi connectivity index (χ3v) is 7.22. The van der Waals surface area contributed by atoms with E-state index in [1.54, 1.807) is 0 Å². The lowest BCUT2D eigenvalue weighted by Gasteiger charge is -2.35. The Labute approximate surface area is 101 Å². The van der Waals surface area contributed by atoms with E-state index in [1.807, 2.05) is 13.1 Å². The van der Waals surface area contributed by atoms with Gasteiger partial charge in [0.1, 0.15) is 0 Å². The second-order valence-corrected chi connectivity index (χ2v) is 10.3. The van der Waals surface area contributed by atoms with Crippen molar-refractivity contribution in [3.63, 3.8) is 0 Å². The van der Waals surface area contributed by atoms with Gasteiger partial charge in [0.05, 0.1) is 0 Å². The molecule has 0 saturated heterocycles. The van der Waals surface area contributed by atoms with Crippen molar-refractivity contribution < 1.29 is 4.80 Å². The van der Waals surface area contributed by atoms with Crippen molar-refractivity contribution in [1.29, 1.82) is 0 Å². The topological polar surface area (TPSA) is 20.2 Å². The summed E-state index contributed by atoms with van der Waals surface area (Å²) in [6, 6.07) is 8.77. The predicted octanol–water partition coefficient (Wildman–Crippen LogP) is 3.77. The Morgan fingerprint density at radius 3 is 1.88 bits per heavy atom. The van der Waals surface area contributed by atoms with Crippen LogP contribution in [0.2, 0.25) is 18.1 Å². The summed E-state index contributed by atoms with van der Waals surface area (Å²) in [7, 11) is -2.09.